The Labute approximate surface area is 159 Å². The molecule has 3 heterocycles. The molecule has 0 unspecified atom stereocenters. The van der Waals surface area contributed by atoms with Crippen LogP contribution in [0.2, 0.25) is 0 Å². The maximum absolute atomic E-state index is 13.0. The molecule has 0 bridgehead atoms. The van der Waals surface area contributed by atoms with Crippen LogP contribution in [0, 0.1) is 5.92 Å². The summed E-state index contributed by atoms with van der Waals surface area (Å²) in [6.07, 6.45) is 5.36. The number of rotatable bonds is 1. The molecule has 2 N–H and O–H groups in total. The van der Waals surface area contributed by atoms with Crippen LogP contribution in [0.25, 0.3) is 11.3 Å². The Morgan fingerprint density at radius 2 is 1.96 bits per heavy atom. The number of likely N-dealkylation sites (tertiary alicyclic amines) is 1. The highest BCUT2D eigenvalue weighted by Crippen LogP contribution is 2.29. The maximum Gasteiger partial charge on any atom is 0.320 e. The zero-order chi connectivity index (χ0) is 18.8. The second-order valence-corrected chi connectivity index (χ2v) is 7.37. The second-order valence-electron chi connectivity index (χ2n) is 7.37. The number of hydrogen-bond donors (Lipinski definition) is 1. The molecule has 0 atom stereocenters. The van der Waals surface area contributed by atoms with Crippen LogP contribution in [0.1, 0.15) is 25.3 Å². The van der Waals surface area contributed by atoms with Crippen LogP contribution in [-0.2, 0) is 6.54 Å². The lowest BCUT2D eigenvalue weighted by molar-refractivity contribution is 0.129. The van der Waals surface area contributed by atoms with Gasteiger partial charge in [0, 0.05) is 24.2 Å². The van der Waals surface area contributed by atoms with E-state index in [1.807, 2.05) is 28.0 Å². The molecule has 1 fully saturated rings. The summed E-state index contributed by atoms with van der Waals surface area (Å²) in [5.41, 5.74) is 8.30. The van der Waals surface area contributed by atoms with Crippen molar-refractivity contribution in [3.8, 4) is 17.0 Å². The van der Waals surface area contributed by atoms with Gasteiger partial charge in [-0.25, -0.2) is 9.78 Å². The van der Waals surface area contributed by atoms with Crippen LogP contribution in [0.15, 0.2) is 30.6 Å². The standard InChI is InChI=1S/C20H25N5O2/c1-14-4-6-24(7-5-14)20(26)25-8-9-27-18-3-2-15(10-16(18)13-25)17-11-23-19(21)12-22-17/h2-3,10-12,14H,4-9,13H2,1H3,(H2,21,23). The number of anilines is 1. The van der Waals surface area contributed by atoms with Gasteiger partial charge >= 0.3 is 6.03 Å². The molecule has 1 aromatic carbocycles. The summed E-state index contributed by atoms with van der Waals surface area (Å²) in [4.78, 5) is 25.3. The first-order chi connectivity index (χ1) is 13.1. The Kier molecular flexibility index (Phi) is 4.83. The summed E-state index contributed by atoms with van der Waals surface area (Å²) in [5, 5.41) is 0. The minimum Gasteiger partial charge on any atom is -0.491 e. The topological polar surface area (TPSA) is 84.6 Å². The largest absolute Gasteiger partial charge is 0.491 e. The van der Waals surface area contributed by atoms with Crippen LogP contribution in [0.4, 0.5) is 10.6 Å². The summed E-state index contributed by atoms with van der Waals surface area (Å²) < 4.78 is 5.87. The predicted octanol–water partition coefficient (Wildman–Crippen LogP) is 2.77. The molecule has 0 radical (unpaired) electrons. The monoisotopic (exact) mass is 367 g/mol. The number of nitrogen functional groups attached to an aromatic ring is 1. The molecule has 4 rings (SSSR count). The van der Waals surface area contributed by atoms with Crippen molar-refractivity contribution in [3.63, 3.8) is 0 Å². The summed E-state index contributed by atoms with van der Waals surface area (Å²) >= 11 is 0. The maximum atomic E-state index is 13.0. The third kappa shape index (κ3) is 3.82. The number of hydrogen-bond acceptors (Lipinski definition) is 5. The Hall–Kier alpha value is -2.83. The van der Waals surface area contributed by atoms with E-state index in [9.17, 15) is 4.79 Å². The van der Waals surface area contributed by atoms with E-state index in [-0.39, 0.29) is 6.03 Å². The van der Waals surface area contributed by atoms with E-state index < -0.39 is 0 Å². The number of nitrogens with zero attached hydrogens (tertiary/aromatic N) is 4. The van der Waals surface area contributed by atoms with Crippen LogP contribution in [-0.4, -0.2) is 52.0 Å². The van der Waals surface area contributed by atoms with Crippen LogP contribution in [0.3, 0.4) is 0 Å². The molecule has 2 aliphatic rings. The van der Waals surface area contributed by atoms with Crippen molar-refractivity contribution in [2.24, 2.45) is 5.92 Å². The van der Waals surface area contributed by atoms with Gasteiger partial charge in [-0.3, -0.25) is 4.98 Å². The third-order valence-electron chi connectivity index (χ3n) is 5.33. The van der Waals surface area contributed by atoms with Gasteiger partial charge in [0.25, 0.3) is 0 Å². The van der Waals surface area contributed by atoms with Gasteiger partial charge in [0.1, 0.15) is 18.2 Å². The van der Waals surface area contributed by atoms with Gasteiger partial charge in [0.15, 0.2) is 0 Å². The first-order valence-corrected chi connectivity index (χ1v) is 9.47. The molecule has 7 heteroatoms. The van der Waals surface area contributed by atoms with Crippen LogP contribution >= 0.6 is 0 Å². The summed E-state index contributed by atoms with van der Waals surface area (Å²) in [5.74, 6) is 1.92. The van der Waals surface area contributed by atoms with Gasteiger partial charge in [0.2, 0.25) is 0 Å². The Balaban J connectivity index is 1.54. The highest BCUT2D eigenvalue weighted by Gasteiger charge is 2.27. The van der Waals surface area contributed by atoms with Gasteiger partial charge in [-0.1, -0.05) is 6.92 Å². The van der Waals surface area contributed by atoms with Gasteiger partial charge in [-0.2, -0.15) is 0 Å². The number of fused-ring (bicyclic) bond motifs is 1. The number of aromatic nitrogens is 2. The second kappa shape index (κ2) is 7.42. The van der Waals surface area contributed by atoms with Crippen molar-refractivity contribution in [1.82, 2.24) is 19.8 Å². The van der Waals surface area contributed by atoms with E-state index in [1.165, 1.54) is 0 Å². The number of carbonyl (C=O) groups excluding carboxylic acids is 1. The number of piperidine rings is 1. The molecule has 142 valence electrons. The number of amides is 2. The number of urea groups is 1. The van der Waals surface area contributed by atoms with E-state index in [0.717, 1.165) is 48.5 Å². The van der Waals surface area contributed by atoms with Crippen LogP contribution in [0.5, 0.6) is 5.75 Å². The van der Waals surface area contributed by atoms with Crippen molar-refractivity contribution in [2.45, 2.75) is 26.3 Å². The zero-order valence-electron chi connectivity index (χ0n) is 15.6. The van der Waals surface area contributed by atoms with Gasteiger partial charge in [0.05, 0.1) is 31.2 Å². The molecule has 0 spiro atoms. The lowest BCUT2D eigenvalue weighted by atomic mass is 9.99. The predicted molar refractivity (Wildman–Crippen MR) is 103 cm³/mol. The normalized spacial score (nSPS) is 17.8. The Morgan fingerprint density at radius 3 is 2.70 bits per heavy atom. The fourth-order valence-electron chi connectivity index (χ4n) is 3.60. The first kappa shape index (κ1) is 17.6. The van der Waals surface area contributed by atoms with Crippen molar-refractivity contribution in [1.29, 1.82) is 0 Å². The molecule has 7 nitrogen and oxygen atoms in total. The molecule has 0 saturated carbocycles. The Morgan fingerprint density at radius 1 is 1.15 bits per heavy atom. The average Bonchev–Trinajstić information content (AvgIpc) is 2.90. The fraction of sp³-hybridized carbons (Fsp3) is 0.450. The van der Waals surface area contributed by atoms with E-state index in [1.54, 1.807) is 12.4 Å². The number of benzene rings is 1. The zero-order valence-corrected chi connectivity index (χ0v) is 15.6. The van der Waals surface area contributed by atoms with Crippen molar-refractivity contribution < 1.29 is 9.53 Å². The highest BCUT2D eigenvalue weighted by molar-refractivity contribution is 5.75. The highest BCUT2D eigenvalue weighted by atomic mass is 16.5. The molecule has 1 aromatic heterocycles. The molecular formula is C20H25N5O2. The number of carbonyl (C=O) groups is 1. The van der Waals surface area contributed by atoms with Crippen molar-refractivity contribution >= 4 is 11.8 Å². The van der Waals surface area contributed by atoms with Gasteiger partial charge in [-0.15, -0.1) is 0 Å². The fourth-order valence-corrected chi connectivity index (χ4v) is 3.60. The number of ether oxygens (including phenoxy) is 1. The van der Waals surface area contributed by atoms with E-state index >= 15 is 0 Å². The number of nitrogens with two attached hydrogens (primary N) is 1. The van der Waals surface area contributed by atoms with Gasteiger partial charge in [-0.05, 0) is 37.0 Å². The minimum absolute atomic E-state index is 0.107. The van der Waals surface area contributed by atoms with Crippen molar-refractivity contribution in [3.05, 3.63) is 36.2 Å². The summed E-state index contributed by atoms with van der Waals surface area (Å²) in [6.45, 7) is 5.56. The Bertz CT molecular complexity index is 816. The van der Waals surface area contributed by atoms with E-state index in [0.29, 0.717) is 31.4 Å². The lowest BCUT2D eigenvalue weighted by Crippen LogP contribution is -2.46. The minimum atomic E-state index is 0.107. The first-order valence-electron chi connectivity index (χ1n) is 9.47. The smallest absolute Gasteiger partial charge is 0.320 e. The summed E-state index contributed by atoms with van der Waals surface area (Å²) in [6, 6.07) is 6.04. The molecule has 1 saturated heterocycles. The molecule has 27 heavy (non-hydrogen) atoms. The van der Waals surface area contributed by atoms with Crippen LogP contribution < -0.4 is 10.5 Å². The SMILES string of the molecule is CC1CCN(C(=O)N2CCOc3ccc(-c4cnc(N)cn4)cc3C2)CC1. The molecule has 0 aliphatic carbocycles. The third-order valence-corrected chi connectivity index (χ3v) is 5.33. The molecule has 2 aliphatic heterocycles. The summed E-state index contributed by atoms with van der Waals surface area (Å²) in [7, 11) is 0. The molecular weight excluding hydrogens is 342 g/mol. The van der Waals surface area contributed by atoms with E-state index in [2.05, 4.69) is 16.9 Å². The quantitative estimate of drug-likeness (QED) is 0.838. The molecule has 2 amide bonds. The lowest BCUT2D eigenvalue weighted by Gasteiger charge is -2.34. The van der Waals surface area contributed by atoms with E-state index in [4.69, 9.17) is 10.5 Å². The van der Waals surface area contributed by atoms with Gasteiger partial charge < -0.3 is 20.3 Å². The van der Waals surface area contributed by atoms with Crippen molar-refractivity contribution in [2.75, 3.05) is 32.0 Å². The average molecular weight is 367 g/mol. The molecule has 2 aromatic rings.